The summed E-state index contributed by atoms with van der Waals surface area (Å²) in [6.07, 6.45) is 0. The molecule has 0 saturated heterocycles. The van der Waals surface area contributed by atoms with Crippen LogP contribution in [-0.2, 0) is 0 Å². The SMILES string of the molecule is CCN(CC)N=Nc1cccc(F)c1Br. The van der Waals surface area contributed by atoms with E-state index in [1.165, 1.54) is 6.07 Å². The molecule has 1 aromatic carbocycles. The van der Waals surface area contributed by atoms with Crippen molar-refractivity contribution < 1.29 is 4.39 Å². The van der Waals surface area contributed by atoms with Gasteiger partial charge in [-0.25, -0.2) is 4.39 Å². The molecule has 0 atom stereocenters. The van der Waals surface area contributed by atoms with Gasteiger partial charge in [0.15, 0.2) is 0 Å². The third-order valence-electron chi connectivity index (χ3n) is 1.94. The van der Waals surface area contributed by atoms with Crippen LogP contribution in [0.15, 0.2) is 33.0 Å². The molecule has 0 radical (unpaired) electrons. The Balaban J connectivity index is 2.84. The fourth-order valence-corrected chi connectivity index (χ4v) is 1.37. The van der Waals surface area contributed by atoms with Crippen molar-refractivity contribution in [2.75, 3.05) is 13.1 Å². The zero-order valence-electron chi connectivity index (χ0n) is 8.74. The van der Waals surface area contributed by atoms with E-state index in [0.717, 1.165) is 13.1 Å². The molecule has 0 N–H and O–H groups in total. The first-order chi connectivity index (χ1) is 7.19. The lowest BCUT2D eigenvalue weighted by Crippen LogP contribution is -2.14. The highest BCUT2D eigenvalue weighted by molar-refractivity contribution is 9.10. The molecule has 0 aliphatic carbocycles. The van der Waals surface area contributed by atoms with Crippen molar-refractivity contribution in [2.24, 2.45) is 10.3 Å². The predicted molar refractivity (Wildman–Crippen MR) is 61.5 cm³/mol. The van der Waals surface area contributed by atoms with Gasteiger partial charge in [0.2, 0.25) is 0 Å². The zero-order valence-corrected chi connectivity index (χ0v) is 10.3. The molecule has 0 bridgehead atoms. The molecular weight excluding hydrogens is 261 g/mol. The quantitative estimate of drug-likeness (QED) is 0.604. The Kier molecular flexibility index (Phi) is 4.68. The minimum atomic E-state index is -0.328. The van der Waals surface area contributed by atoms with Crippen LogP contribution in [0.25, 0.3) is 0 Å². The lowest BCUT2D eigenvalue weighted by Gasteiger charge is -2.11. The predicted octanol–water partition coefficient (Wildman–Crippen LogP) is 3.93. The number of rotatable bonds is 4. The third-order valence-corrected chi connectivity index (χ3v) is 2.73. The molecule has 1 rings (SSSR count). The Hall–Kier alpha value is -0.970. The third kappa shape index (κ3) is 3.27. The second-order valence-corrected chi connectivity index (χ2v) is 3.69. The monoisotopic (exact) mass is 273 g/mol. The summed E-state index contributed by atoms with van der Waals surface area (Å²) in [5.74, 6) is -0.328. The molecule has 5 heteroatoms. The highest BCUT2D eigenvalue weighted by Gasteiger charge is 2.03. The van der Waals surface area contributed by atoms with Crippen molar-refractivity contribution in [3.63, 3.8) is 0 Å². The summed E-state index contributed by atoms with van der Waals surface area (Å²) in [5, 5.41) is 9.76. The van der Waals surface area contributed by atoms with Crippen LogP contribution in [0, 0.1) is 5.82 Å². The van der Waals surface area contributed by atoms with E-state index in [0.29, 0.717) is 10.2 Å². The van der Waals surface area contributed by atoms with E-state index in [1.54, 1.807) is 17.1 Å². The largest absolute Gasteiger partial charge is 0.279 e. The van der Waals surface area contributed by atoms with Crippen molar-refractivity contribution in [1.29, 1.82) is 0 Å². The first-order valence-corrected chi connectivity index (χ1v) is 5.59. The second-order valence-electron chi connectivity index (χ2n) is 2.90. The normalized spacial score (nSPS) is 10.9. The van der Waals surface area contributed by atoms with Crippen molar-refractivity contribution in [3.05, 3.63) is 28.5 Å². The standard InChI is InChI=1S/C10H13BrFN3/c1-3-15(4-2)14-13-9-7-5-6-8(12)10(9)11/h5-7H,3-4H2,1-2H3. The molecular formula is C10H13BrFN3. The van der Waals surface area contributed by atoms with Gasteiger partial charge in [0.25, 0.3) is 0 Å². The maximum atomic E-state index is 13.1. The van der Waals surface area contributed by atoms with Crippen LogP contribution >= 0.6 is 15.9 Å². The van der Waals surface area contributed by atoms with Crippen LogP contribution < -0.4 is 0 Å². The molecule has 0 fully saturated rings. The number of nitrogens with zero attached hydrogens (tertiary/aromatic N) is 3. The molecule has 0 saturated carbocycles. The summed E-state index contributed by atoms with van der Waals surface area (Å²) in [7, 11) is 0. The molecule has 3 nitrogen and oxygen atoms in total. The fraction of sp³-hybridized carbons (Fsp3) is 0.400. The number of hydrogen-bond acceptors (Lipinski definition) is 2. The summed E-state index contributed by atoms with van der Waals surface area (Å²) in [5.41, 5.74) is 0.502. The van der Waals surface area contributed by atoms with E-state index >= 15 is 0 Å². The molecule has 0 aliphatic rings. The number of halogens is 2. The topological polar surface area (TPSA) is 28.0 Å². The van der Waals surface area contributed by atoms with Crippen molar-refractivity contribution in [2.45, 2.75) is 13.8 Å². The van der Waals surface area contributed by atoms with E-state index in [2.05, 4.69) is 26.3 Å². The molecule has 1 aromatic rings. The minimum Gasteiger partial charge on any atom is -0.279 e. The lowest BCUT2D eigenvalue weighted by molar-refractivity contribution is 0.300. The van der Waals surface area contributed by atoms with Gasteiger partial charge in [-0.05, 0) is 41.9 Å². The van der Waals surface area contributed by atoms with Crippen LogP contribution in [0.5, 0.6) is 0 Å². The summed E-state index contributed by atoms with van der Waals surface area (Å²) in [4.78, 5) is 0. The average Bonchev–Trinajstić information content (AvgIpc) is 2.25. The molecule has 0 unspecified atom stereocenters. The van der Waals surface area contributed by atoms with Gasteiger partial charge in [0.1, 0.15) is 11.5 Å². The van der Waals surface area contributed by atoms with Crippen molar-refractivity contribution >= 4 is 21.6 Å². The minimum absolute atomic E-state index is 0.328. The van der Waals surface area contributed by atoms with Gasteiger partial charge in [-0.3, -0.25) is 5.01 Å². The van der Waals surface area contributed by atoms with Crippen LogP contribution in [0.1, 0.15) is 13.8 Å². The lowest BCUT2D eigenvalue weighted by atomic mass is 10.3. The Morgan fingerprint density at radius 3 is 2.60 bits per heavy atom. The molecule has 15 heavy (non-hydrogen) atoms. The smallest absolute Gasteiger partial charge is 0.139 e. The van der Waals surface area contributed by atoms with Crippen LogP contribution in [0.3, 0.4) is 0 Å². The molecule has 0 heterocycles. The van der Waals surface area contributed by atoms with Crippen molar-refractivity contribution in [3.8, 4) is 0 Å². The Labute approximate surface area is 97.1 Å². The first-order valence-electron chi connectivity index (χ1n) is 4.79. The van der Waals surface area contributed by atoms with E-state index in [9.17, 15) is 4.39 Å². The molecule has 0 aliphatic heterocycles. The first kappa shape index (κ1) is 12.1. The highest BCUT2D eigenvalue weighted by Crippen LogP contribution is 2.27. The van der Waals surface area contributed by atoms with E-state index < -0.39 is 0 Å². The van der Waals surface area contributed by atoms with Gasteiger partial charge >= 0.3 is 0 Å². The van der Waals surface area contributed by atoms with Crippen LogP contribution in [-0.4, -0.2) is 18.1 Å². The fourth-order valence-electron chi connectivity index (χ4n) is 1.03. The number of hydrogen-bond donors (Lipinski definition) is 0. The van der Waals surface area contributed by atoms with Gasteiger partial charge in [0, 0.05) is 13.1 Å². The van der Waals surface area contributed by atoms with Gasteiger partial charge in [0.05, 0.1) is 4.47 Å². The zero-order chi connectivity index (χ0) is 11.3. The highest BCUT2D eigenvalue weighted by atomic mass is 79.9. The van der Waals surface area contributed by atoms with Gasteiger partial charge in [-0.2, -0.15) is 0 Å². The molecule has 0 aromatic heterocycles. The van der Waals surface area contributed by atoms with E-state index in [1.807, 2.05) is 13.8 Å². The van der Waals surface area contributed by atoms with Gasteiger partial charge in [-0.1, -0.05) is 11.3 Å². The second kappa shape index (κ2) is 5.80. The summed E-state index contributed by atoms with van der Waals surface area (Å²) in [6.45, 7) is 5.55. The van der Waals surface area contributed by atoms with Crippen molar-refractivity contribution in [1.82, 2.24) is 5.01 Å². The van der Waals surface area contributed by atoms with E-state index in [4.69, 9.17) is 0 Å². The molecule has 0 spiro atoms. The van der Waals surface area contributed by atoms with E-state index in [-0.39, 0.29) is 5.82 Å². The Morgan fingerprint density at radius 1 is 1.33 bits per heavy atom. The molecule has 0 amide bonds. The maximum absolute atomic E-state index is 13.1. The summed E-state index contributed by atoms with van der Waals surface area (Å²) < 4.78 is 13.5. The Morgan fingerprint density at radius 2 is 2.00 bits per heavy atom. The Bertz CT molecular complexity index is 351. The number of benzene rings is 1. The van der Waals surface area contributed by atoms with Gasteiger partial charge in [-0.15, -0.1) is 5.11 Å². The van der Waals surface area contributed by atoms with Gasteiger partial charge < -0.3 is 0 Å². The van der Waals surface area contributed by atoms with Crippen LogP contribution in [0.2, 0.25) is 0 Å². The summed E-state index contributed by atoms with van der Waals surface area (Å²) in [6, 6.07) is 4.69. The van der Waals surface area contributed by atoms with Crippen LogP contribution in [0.4, 0.5) is 10.1 Å². The average molecular weight is 274 g/mol. The maximum Gasteiger partial charge on any atom is 0.139 e. The summed E-state index contributed by atoms with van der Waals surface area (Å²) >= 11 is 3.13. The molecule has 82 valence electrons.